The number of ether oxygens (including phenoxy) is 3. The second-order valence-corrected chi connectivity index (χ2v) is 8.93. The zero-order valence-corrected chi connectivity index (χ0v) is 20.2. The number of nitrogens with zero attached hydrogens (tertiary/aromatic N) is 4. The van der Waals surface area contributed by atoms with Crippen LogP contribution in [0.1, 0.15) is 49.0 Å². The van der Waals surface area contributed by atoms with E-state index in [0.717, 1.165) is 51.9 Å². The molecule has 10 heteroatoms. The Balaban J connectivity index is 1.74. The first-order valence-corrected chi connectivity index (χ1v) is 11.7. The molecule has 4 aromatic rings. The molecule has 1 unspecified atom stereocenters. The molecule has 5 rings (SSSR count). The van der Waals surface area contributed by atoms with Crippen LogP contribution in [0.4, 0.5) is 8.78 Å². The van der Waals surface area contributed by atoms with Crippen molar-refractivity contribution in [2.45, 2.75) is 52.2 Å². The van der Waals surface area contributed by atoms with E-state index in [-0.39, 0.29) is 18.6 Å². The van der Waals surface area contributed by atoms with E-state index in [9.17, 15) is 8.78 Å². The first-order valence-electron chi connectivity index (χ1n) is 11.7. The fraction of sp³-hybridized carbons (Fsp3) is 0.480. The Morgan fingerprint density at radius 3 is 2.60 bits per heavy atom. The number of imidazole rings is 1. The van der Waals surface area contributed by atoms with E-state index in [2.05, 4.69) is 10.1 Å². The maximum absolute atomic E-state index is 12.9. The standard InChI is InChI=1S/C25H28F2N4O4/c1-13(12-34-25(26)27)31-23-17-10-21(32-4)18(22-14(2)30-35-15(22)3)9-19(17)28-11-20(23)29-24(31)16-5-7-33-8-6-16/h9-11,13,16,25H,5-8,12H2,1-4H3. The zero-order valence-electron chi connectivity index (χ0n) is 20.2. The van der Waals surface area contributed by atoms with Crippen LogP contribution in [0.5, 0.6) is 5.75 Å². The first kappa shape index (κ1) is 23.6. The maximum atomic E-state index is 12.9. The third kappa shape index (κ3) is 4.25. The summed E-state index contributed by atoms with van der Waals surface area (Å²) in [5.41, 5.74) is 4.70. The summed E-state index contributed by atoms with van der Waals surface area (Å²) in [6.07, 6.45) is 3.37. The van der Waals surface area contributed by atoms with Crippen molar-refractivity contribution in [1.29, 1.82) is 0 Å². The van der Waals surface area contributed by atoms with Crippen molar-refractivity contribution >= 4 is 21.9 Å². The molecular weight excluding hydrogens is 458 g/mol. The summed E-state index contributed by atoms with van der Waals surface area (Å²) in [6.45, 7) is 3.91. The summed E-state index contributed by atoms with van der Waals surface area (Å²) in [7, 11) is 1.61. The average molecular weight is 487 g/mol. The minimum atomic E-state index is -2.84. The van der Waals surface area contributed by atoms with Crippen LogP contribution in [0.25, 0.3) is 33.1 Å². The second kappa shape index (κ2) is 9.50. The molecule has 0 aliphatic carbocycles. The number of rotatable bonds is 7. The number of hydrogen-bond donors (Lipinski definition) is 0. The highest BCUT2D eigenvalue weighted by Crippen LogP contribution is 2.40. The minimum Gasteiger partial charge on any atom is -0.496 e. The topological polar surface area (TPSA) is 84.4 Å². The molecule has 0 N–H and O–H groups in total. The number of methoxy groups -OCH3 is 1. The molecule has 0 radical (unpaired) electrons. The van der Waals surface area contributed by atoms with Crippen LogP contribution >= 0.6 is 0 Å². The summed E-state index contributed by atoms with van der Waals surface area (Å²) in [4.78, 5) is 9.62. The molecule has 1 aliphatic rings. The monoisotopic (exact) mass is 486 g/mol. The lowest BCUT2D eigenvalue weighted by Crippen LogP contribution is -2.22. The van der Waals surface area contributed by atoms with Gasteiger partial charge in [0.1, 0.15) is 22.9 Å². The van der Waals surface area contributed by atoms with Crippen LogP contribution in [0.15, 0.2) is 22.9 Å². The molecule has 0 saturated carbocycles. The molecular formula is C25H28F2N4O4. The fourth-order valence-electron chi connectivity index (χ4n) is 5.03. The van der Waals surface area contributed by atoms with Crippen molar-refractivity contribution in [3.63, 3.8) is 0 Å². The lowest BCUT2D eigenvalue weighted by Gasteiger charge is -2.25. The molecule has 1 aliphatic heterocycles. The van der Waals surface area contributed by atoms with E-state index in [4.69, 9.17) is 23.7 Å². The molecule has 186 valence electrons. The van der Waals surface area contributed by atoms with Crippen LogP contribution in [0.2, 0.25) is 0 Å². The molecule has 1 fully saturated rings. The molecule has 8 nitrogen and oxygen atoms in total. The minimum absolute atomic E-state index is 0.141. The van der Waals surface area contributed by atoms with Gasteiger partial charge in [-0.25, -0.2) is 4.98 Å². The Morgan fingerprint density at radius 1 is 1.17 bits per heavy atom. The van der Waals surface area contributed by atoms with Crippen LogP contribution in [0.3, 0.4) is 0 Å². The lowest BCUT2D eigenvalue weighted by atomic mass is 9.99. The molecule has 3 aromatic heterocycles. The number of benzene rings is 1. The summed E-state index contributed by atoms with van der Waals surface area (Å²) in [5, 5.41) is 4.90. The Hall–Kier alpha value is -3.11. The van der Waals surface area contributed by atoms with Gasteiger partial charge in [-0.15, -0.1) is 0 Å². The van der Waals surface area contributed by atoms with Crippen molar-refractivity contribution in [2.24, 2.45) is 0 Å². The van der Waals surface area contributed by atoms with Crippen LogP contribution in [-0.4, -0.2) is 53.2 Å². The van der Waals surface area contributed by atoms with Crippen molar-refractivity contribution in [3.8, 4) is 16.9 Å². The van der Waals surface area contributed by atoms with Gasteiger partial charge >= 0.3 is 6.61 Å². The van der Waals surface area contributed by atoms with Crippen LogP contribution in [-0.2, 0) is 9.47 Å². The predicted octanol–water partition coefficient (Wildman–Crippen LogP) is 5.56. The maximum Gasteiger partial charge on any atom is 0.345 e. The van der Waals surface area contributed by atoms with Crippen molar-refractivity contribution in [1.82, 2.24) is 19.7 Å². The smallest absolute Gasteiger partial charge is 0.345 e. The largest absolute Gasteiger partial charge is 0.496 e. The molecule has 35 heavy (non-hydrogen) atoms. The number of aryl methyl sites for hydroxylation is 2. The quantitative estimate of drug-likeness (QED) is 0.338. The lowest BCUT2D eigenvalue weighted by molar-refractivity contribution is -0.135. The first-order chi connectivity index (χ1) is 16.9. The highest BCUT2D eigenvalue weighted by Gasteiger charge is 2.27. The van der Waals surface area contributed by atoms with Crippen molar-refractivity contribution in [3.05, 3.63) is 35.6 Å². The Labute approximate surface area is 201 Å². The van der Waals surface area contributed by atoms with Gasteiger partial charge in [-0.05, 0) is 45.7 Å². The van der Waals surface area contributed by atoms with Crippen molar-refractivity contribution < 1.29 is 27.5 Å². The SMILES string of the molecule is COc1cc2c(cc1-c1c(C)noc1C)ncc1nc(C3CCOCC3)n(C(C)COC(F)F)c12. The van der Waals surface area contributed by atoms with Crippen LogP contribution < -0.4 is 4.74 Å². The Kier molecular flexibility index (Phi) is 6.41. The van der Waals surface area contributed by atoms with E-state index < -0.39 is 6.61 Å². The van der Waals surface area contributed by atoms with E-state index in [1.807, 2.05) is 37.5 Å². The number of hydrogen-bond acceptors (Lipinski definition) is 7. The summed E-state index contributed by atoms with van der Waals surface area (Å²) in [5.74, 6) is 2.32. The van der Waals surface area contributed by atoms with Gasteiger partial charge in [0.15, 0.2) is 0 Å². The zero-order chi connectivity index (χ0) is 24.7. The van der Waals surface area contributed by atoms with E-state index >= 15 is 0 Å². The Bertz CT molecular complexity index is 1340. The van der Waals surface area contributed by atoms with Gasteiger partial charge in [-0.3, -0.25) is 4.98 Å². The van der Waals surface area contributed by atoms with E-state index in [1.165, 1.54) is 0 Å². The predicted molar refractivity (Wildman–Crippen MR) is 126 cm³/mol. The normalized spacial score (nSPS) is 16.0. The molecule has 0 spiro atoms. The molecule has 1 aromatic carbocycles. The summed E-state index contributed by atoms with van der Waals surface area (Å²) < 4.78 is 49.2. The highest BCUT2D eigenvalue weighted by molar-refractivity contribution is 6.05. The van der Waals surface area contributed by atoms with Gasteiger partial charge in [0.25, 0.3) is 0 Å². The van der Waals surface area contributed by atoms with Gasteiger partial charge in [-0.2, -0.15) is 8.78 Å². The Morgan fingerprint density at radius 2 is 1.94 bits per heavy atom. The average Bonchev–Trinajstić information content (AvgIpc) is 3.42. The summed E-state index contributed by atoms with van der Waals surface area (Å²) >= 11 is 0. The van der Waals surface area contributed by atoms with Gasteiger partial charge in [0, 0.05) is 30.1 Å². The second-order valence-electron chi connectivity index (χ2n) is 8.93. The number of alkyl halides is 2. The van der Waals surface area contributed by atoms with Gasteiger partial charge < -0.3 is 23.3 Å². The molecule has 0 bridgehead atoms. The molecule has 0 amide bonds. The van der Waals surface area contributed by atoms with Gasteiger partial charge in [-0.1, -0.05) is 5.16 Å². The van der Waals surface area contributed by atoms with Gasteiger partial charge in [0.05, 0.1) is 48.2 Å². The van der Waals surface area contributed by atoms with Gasteiger partial charge in [0.2, 0.25) is 0 Å². The third-order valence-corrected chi connectivity index (χ3v) is 6.66. The van der Waals surface area contributed by atoms with Crippen LogP contribution in [0, 0.1) is 13.8 Å². The highest BCUT2D eigenvalue weighted by atomic mass is 19.3. The molecule has 4 heterocycles. The summed E-state index contributed by atoms with van der Waals surface area (Å²) in [6, 6.07) is 3.51. The fourth-order valence-corrected chi connectivity index (χ4v) is 5.03. The number of pyridine rings is 1. The van der Waals surface area contributed by atoms with E-state index in [0.29, 0.717) is 30.2 Å². The van der Waals surface area contributed by atoms with Crippen molar-refractivity contribution in [2.75, 3.05) is 26.9 Å². The number of fused-ring (bicyclic) bond motifs is 3. The molecule has 1 saturated heterocycles. The van der Waals surface area contributed by atoms with E-state index in [1.54, 1.807) is 13.3 Å². The number of halogens is 2. The third-order valence-electron chi connectivity index (χ3n) is 6.66. The number of aromatic nitrogens is 4. The molecule has 1 atom stereocenters.